The van der Waals surface area contributed by atoms with Crippen LogP contribution in [-0.2, 0) is 11.2 Å². The first-order chi connectivity index (χ1) is 8.61. The van der Waals surface area contributed by atoms with Gasteiger partial charge in [0.2, 0.25) is 0 Å². The van der Waals surface area contributed by atoms with E-state index >= 15 is 0 Å². The molecule has 5 heteroatoms. The topological polar surface area (TPSA) is 66.8 Å². The number of rotatable bonds is 7. The van der Waals surface area contributed by atoms with E-state index in [2.05, 4.69) is 0 Å². The van der Waals surface area contributed by atoms with Crippen LogP contribution in [0.5, 0.6) is 5.75 Å². The predicted octanol–water partition coefficient (Wildman–Crippen LogP) is 2.37. The van der Waals surface area contributed by atoms with E-state index in [0.717, 1.165) is 12.0 Å². The summed E-state index contributed by atoms with van der Waals surface area (Å²) in [4.78, 5) is 10.9. The molecule has 1 atom stereocenters. The van der Waals surface area contributed by atoms with Gasteiger partial charge in [0.25, 0.3) is 0 Å². The number of carboxylic acids is 1. The minimum absolute atomic E-state index is 0.288. The number of aliphatic carboxylic acids is 1. The van der Waals surface area contributed by atoms with Crippen molar-refractivity contribution in [2.24, 2.45) is 0 Å². The molecule has 1 aromatic carbocycles. The molecular weight excluding hydrogens is 256 g/mol. The first kappa shape index (κ1) is 14.8. The Morgan fingerprint density at radius 1 is 1.50 bits per heavy atom. The SMILES string of the molecule is CCOc1c(CCCCl)cccc1C(O)C(=O)O. The zero-order valence-electron chi connectivity index (χ0n) is 10.2. The molecule has 18 heavy (non-hydrogen) atoms. The van der Waals surface area contributed by atoms with Gasteiger partial charge in [-0.1, -0.05) is 18.2 Å². The van der Waals surface area contributed by atoms with Gasteiger partial charge >= 0.3 is 5.97 Å². The van der Waals surface area contributed by atoms with Crippen molar-refractivity contribution in [2.75, 3.05) is 12.5 Å². The Morgan fingerprint density at radius 3 is 2.78 bits per heavy atom. The lowest BCUT2D eigenvalue weighted by Crippen LogP contribution is -2.13. The third-order valence-electron chi connectivity index (χ3n) is 2.52. The van der Waals surface area contributed by atoms with E-state index in [4.69, 9.17) is 21.4 Å². The van der Waals surface area contributed by atoms with Crippen molar-refractivity contribution in [3.05, 3.63) is 29.3 Å². The van der Waals surface area contributed by atoms with Crippen LogP contribution >= 0.6 is 11.6 Å². The lowest BCUT2D eigenvalue weighted by Gasteiger charge is -2.16. The van der Waals surface area contributed by atoms with Crippen molar-refractivity contribution in [1.82, 2.24) is 0 Å². The molecule has 0 amide bonds. The van der Waals surface area contributed by atoms with Gasteiger partial charge < -0.3 is 14.9 Å². The molecule has 0 saturated heterocycles. The zero-order chi connectivity index (χ0) is 13.5. The molecule has 0 radical (unpaired) electrons. The molecule has 0 aliphatic rings. The van der Waals surface area contributed by atoms with Gasteiger partial charge in [-0.2, -0.15) is 0 Å². The minimum Gasteiger partial charge on any atom is -0.493 e. The second-order valence-electron chi connectivity index (χ2n) is 3.80. The minimum atomic E-state index is -1.57. The Kier molecular flexibility index (Phi) is 5.95. The Labute approximate surface area is 111 Å². The molecule has 0 aliphatic heterocycles. The van der Waals surface area contributed by atoms with Gasteiger partial charge in [-0.25, -0.2) is 4.79 Å². The van der Waals surface area contributed by atoms with Gasteiger partial charge in [0.05, 0.1) is 6.61 Å². The smallest absolute Gasteiger partial charge is 0.337 e. The summed E-state index contributed by atoms with van der Waals surface area (Å²) in [6.07, 6.45) is -0.102. The van der Waals surface area contributed by atoms with Crippen molar-refractivity contribution in [3.63, 3.8) is 0 Å². The van der Waals surface area contributed by atoms with Gasteiger partial charge in [-0.3, -0.25) is 0 Å². The Balaban J connectivity index is 3.11. The number of ether oxygens (including phenoxy) is 1. The zero-order valence-corrected chi connectivity index (χ0v) is 11.0. The monoisotopic (exact) mass is 272 g/mol. The summed E-state index contributed by atoms with van der Waals surface area (Å²) in [5, 5.41) is 18.5. The number of para-hydroxylation sites is 1. The maximum atomic E-state index is 10.9. The number of halogens is 1. The molecule has 1 unspecified atom stereocenters. The number of hydrogen-bond acceptors (Lipinski definition) is 3. The van der Waals surface area contributed by atoms with Gasteiger partial charge in [0.1, 0.15) is 5.75 Å². The Bertz CT molecular complexity index is 406. The molecule has 0 spiro atoms. The van der Waals surface area contributed by atoms with E-state index in [1.165, 1.54) is 0 Å². The molecule has 0 aliphatic carbocycles. The molecule has 1 rings (SSSR count). The fourth-order valence-corrected chi connectivity index (χ4v) is 1.86. The van der Waals surface area contributed by atoms with Crippen molar-refractivity contribution < 1.29 is 19.7 Å². The van der Waals surface area contributed by atoms with Crippen LogP contribution < -0.4 is 4.74 Å². The summed E-state index contributed by atoms with van der Waals surface area (Å²) in [6.45, 7) is 2.23. The number of aliphatic hydroxyl groups excluding tert-OH is 1. The lowest BCUT2D eigenvalue weighted by atomic mass is 10.0. The molecule has 4 nitrogen and oxygen atoms in total. The molecule has 1 aromatic rings. The highest BCUT2D eigenvalue weighted by molar-refractivity contribution is 6.17. The van der Waals surface area contributed by atoms with Gasteiger partial charge in [-0.05, 0) is 25.3 Å². The molecule has 0 bridgehead atoms. The third-order valence-corrected chi connectivity index (χ3v) is 2.79. The summed E-state index contributed by atoms with van der Waals surface area (Å²) in [6, 6.07) is 5.14. The maximum absolute atomic E-state index is 10.9. The molecule has 0 fully saturated rings. The van der Waals surface area contributed by atoms with E-state index in [1.807, 2.05) is 13.0 Å². The molecule has 0 saturated carbocycles. The fraction of sp³-hybridized carbons (Fsp3) is 0.462. The van der Waals surface area contributed by atoms with Crippen molar-refractivity contribution in [3.8, 4) is 5.75 Å². The number of hydrogen-bond donors (Lipinski definition) is 2. The number of aliphatic hydroxyl groups is 1. The first-order valence-electron chi connectivity index (χ1n) is 5.83. The summed E-state index contributed by atoms with van der Waals surface area (Å²) in [7, 11) is 0. The van der Waals surface area contributed by atoms with Crippen LogP contribution in [0.1, 0.15) is 30.6 Å². The summed E-state index contributed by atoms with van der Waals surface area (Å²) in [5.41, 5.74) is 1.16. The van der Waals surface area contributed by atoms with Crippen LogP contribution in [0.25, 0.3) is 0 Å². The molecule has 100 valence electrons. The summed E-state index contributed by atoms with van der Waals surface area (Å²) >= 11 is 5.65. The van der Waals surface area contributed by atoms with Crippen molar-refractivity contribution in [2.45, 2.75) is 25.9 Å². The van der Waals surface area contributed by atoms with E-state index in [-0.39, 0.29) is 5.56 Å². The Hall–Kier alpha value is -1.26. The molecular formula is C13H17ClO4. The average Bonchev–Trinajstić information content (AvgIpc) is 2.36. The highest BCUT2D eigenvalue weighted by Crippen LogP contribution is 2.30. The second-order valence-corrected chi connectivity index (χ2v) is 4.18. The van der Waals surface area contributed by atoms with Crippen molar-refractivity contribution >= 4 is 17.6 Å². The number of alkyl halides is 1. The van der Waals surface area contributed by atoms with Crippen LogP contribution in [0.3, 0.4) is 0 Å². The van der Waals surface area contributed by atoms with E-state index in [9.17, 15) is 9.90 Å². The quantitative estimate of drug-likeness (QED) is 0.748. The van der Waals surface area contributed by atoms with Crippen molar-refractivity contribution in [1.29, 1.82) is 0 Å². The standard InChI is InChI=1S/C13H17ClO4/c1-2-18-12-9(6-4-8-14)5-3-7-10(12)11(15)13(16)17/h3,5,7,11,15H,2,4,6,8H2,1H3,(H,16,17). The average molecular weight is 273 g/mol. The van der Waals surface area contributed by atoms with Crippen LogP contribution in [0.4, 0.5) is 0 Å². The van der Waals surface area contributed by atoms with Crippen LogP contribution in [-0.4, -0.2) is 28.7 Å². The highest BCUT2D eigenvalue weighted by Gasteiger charge is 2.22. The van der Waals surface area contributed by atoms with Gasteiger partial charge in [-0.15, -0.1) is 11.6 Å². The molecule has 2 N–H and O–H groups in total. The normalized spacial score (nSPS) is 12.2. The third kappa shape index (κ3) is 3.62. The highest BCUT2D eigenvalue weighted by atomic mass is 35.5. The number of carbonyl (C=O) groups is 1. The molecule has 0 heterocycles. The van der Waals surface area contributed by atoms with E-state index in [1.54, 1.807) is 12.1 Å². The summed E-state index contributed by atoms with van der Waals surface area (Å²) < 4.78 is 5.47. The fourth-order valence-electron chi connectivity index (χ4n) is 1.73. The van der Waals surface area contributed by atoms with E-state index < -0.39 is 12.1 Å². The van der Waals surface area contributed by atoms with E-state index in [0.29, 0.717) is 24.7 Å². The molecule has 0 aromatic heterocycles. The van der Waals surface area contributed by atoms with Crippen LogP contribution in [0.15, 0.2) is 18.2 Å². The van der Waals surface area contributed by atoms with Crippen LogP contribution in [0.2, 0.25) is 0 Å². The number of carboxylic acid groups (broad SMARTS) is 1. The number of benzene rings is 1. The van der Waals surface area contributed by atoms with Crippen LogP contribution in [0, 0.1) is 0 Å². The maximum Gasteiger partial charge on any atom is 0.337 e. The largest absolute Gasteiger partial charge is 0.493 e. The Morgan fingerprint density at radius 2 is 2.22 bits per heavy atom. The predicted molar refractivity (Wildman–Crippen MR) is 69.2 cm³/mol. The first-order valence-corrected chi connectivity index (χ1v) is 6.36. The van der Waals surface area contributed by atoms with Gasteiger partial charge in [0, 0.05) is 11.4 Å². The second kappa shape index (κ2) is 7.24. The summed E-state index contributed by atoms with van der Waals surface area (Å²) in [5.74, 6) is -0.303. The van der Waals surface area contributed by atoms with Gasteiger partial charge in [0.15, 0.2) is 6.10 Å². The lowest BCUT2D eigenvalue weighted by molar-refractivity contribution is -0.147. The number of aryl methyl sites for hydroxylation is 1.